The third-order valence-corrected chi connectivity index (χ3v) is 3.82. The SMILES string of the molecule is C=CCOC(=O)Cc1ccccc1N=c1sc(C)cn1C. The molecule has 21 heavy (non-hydrogen) atoms. The molecule has 0 aliphatic heterocycles. The number of nitrogens with zero attached hydrogens (tertiary/aromatic N) is 2. The zero-order valence-corrected chi connectivity index (χ0v) is 13.0. The van der Waals surface area contributed by atoms with Gasteiger partial charge in [0.05, 0.1) is 12.1 Å². The van der Waals surface area contributed by atoms with E-state index in [4.69, 9.17) is 4.74 Å². The van der Waals surface area contributed by atoms with Gasteiger partial charge in [0.25, 0.3) is 0 Å². The van der Waals surface area contributed by atoms with Crippen molar-refractivity contribution in [2.75, 3.05) is 6.61 Å². The smallest absolute Gasteiger partial charge is 0.310 e. The summed E-state index contributed by atoms with van der Waals surface area (Å²) in [6, 6.07) is 7.62. The number of ether oxygens (including phenoxy) is 1. The average molecular weight is 302 g/mol. The van der Waals surface area contributed by atoms with Gasteiger partial charge >= 0.3 is 5.97 Å². The summed E-state index contributed by atoms with van der Waals surface area (Å²) in [7, 11) is 1.96. The minimum Gasteiger partial charge on any atom is -0.461 e. The highest BCUT2D eigenvalue weighted by Gasteiger charge is 2.08. The van der Waals surface area contributed by atoms with Gasteiger partial charge in [-0.3, -0.25) is 4.79 Å². The van der Waals surface area contributed by atoms with Crippen LogP contribution in [-0.4, -0.2) is 17.1 Å². The van der Waals surface area contributed by atoms with Gasteiger partial charge in [0.2, 0.25) is 0 Å². The molecular formula is C16H18N2O2S. The van der Waals surface area contributed by atoms with Gasteiger partial charge in [0, 0.05) is 18.1 Å². The van der Waals surface area contributed by atoms with E-state index in [1.165, 1.54) is 4.88 Å². The van der Waals surface area contributed by atoms with Crippen LogP contribution in [0.15, 0.2) is 48.1 Å². The lowest BCUT2D eigenvalue weighted by Gasteiger charge is -2.05. The molecule has 0 N–H and O–H groups in total. The Balaban J connectivity index is 2.29. The van der Waals surface area contributed by atoms with Crippen LogP contribution in [0.5, 0.6) is 0 Å². The summed E-state index contributed by atoms with van der Waals surface area (Å²) in [5, 5.41) is 0. The van der Waals surface area contributed by atoms with Crippen LogP contribution in [0.2, 0.25) is 0 Å². The van der Waals surface area contributed by atoms with Gasteiger partial charge in [-0.1, -0.05) is 30.9 Å². The molecule has 5 heteroatoms. The van der Waals surface area contributed by atoms with E-state index in [9.17, 15) is 4.79 Å². The third kappa shape index (κ3) is 4.16. The molecule has 0 amide bonds. The fourth-order valence-electron chi connectivity index (χ4n) is 1.90. The van der Waals surface area contributed by atoms with Crippen molar-refractivity contribution in [3.05, 3.63) is 58.4 Å². The van der Waals surface area contributed by atoms with Crippen molar-refractivity contribution in [1.29, 1.82) is 0 Å². The zero-order chi connectivity index (χ0) is 15.2. The lowest BCUT2D eigenvalue weighted by atomic mass is 10.1. The molecule has 0 atom stereocenters. The molecule has 2 rings (SSSR count). The van der Waals surface area contributed by atoms with E-state index in [0.29, 0.717) is 0 Å². The van der Waals surface area contributed by atoms with E-state index < -0.39 is 0 Å². The molecule has 0 unspecified atom stereocenters. The largest absolute Gasteiger partial charge is 0.461 e. The molecule has 0 fully saturated rings. The first-order valence-corrected chi connectivity index (χ1v) is 7.44. The number of para-hydroxylation sites is 1. The van der Waals surface area contributed by atoms with Gasteiger partial charge in [0.1, 0.15) is 6.61 Å². The predicted octanol–water partition coefficient (Wildman–Crippen LogP) is 2.90. The van der Waals surface area contributed by atoms with Crippen LogP contribution in [-0.2, 0) is 23.0 Å². The first-order valence-electron chi connectivity index (χ1n) is 6.62. The Hall–Kier alpha value is -2.14. The number of aromatic nitrogens is 1. The van der Waals surface area contributed by atoms with Gasteiger partial charge in [-0.2, -0.15) is 0 Å². The van der Waals surface area contributed by atoms with Crippen LogP contribution in [0.4, 0.5) is 5.69 Å². The summed E-state index contributed by atoms with van der Waals surface area (Å²) in [6.07, 6.45) is 3.80. The maximum Gasteiger partial charge on any atom is 0.310 e. The highest BCUT2D eigenvalue weighted by atomic mass is 32.1. The molecule has 2 aromatic rings. The molecule has 0 saturated carbocycles. The highest BCUT2D eigenvalue weighted by molar-refractivity contribution is 7.09. The summed E-state index contributed by atoms with van der Waals surface area (Å²) in [5.41, 5.74) is 1.66. The average Bonchev–Trinajstić information content (AvgIpc) is 2.77. The van der Waals surface area contributed by atoms with Crippen molar-refractivity contribution >= 4 is 23.0 Å². The standard InChI is InChI=1S/C16H18N2O2S/c1-4-9-20-15(19)10-13-7-5-6-8-14(13)17-16-18(3)11-12(2)21-16/h4-8,11H,1,9-10H2,2-3H3. The van der Waals surface area contributed by atoms with E-state index in [2.05, 4.69) is 11.6 Å². The van der Waals surface area contributed by atoms with Crippen molar-refractivity contribution in [3.63, 3.8) is 0 Å². The molecule has 0 radical (unpaired) electrons. The molecule has 110 valence electrons. The monoisotopic (exact) mass is 302 g/mol. The number of esters is 1. The summed E-state index contributed by atoms with van der Waals surface area (Å²) in [4.78, 5) is 18.5. The first-order chi connectivity index (χ1) is 10.1. The first kappa shape index (κ1) is 15.3. The minimum atomic E-state index is -0.274. The van der Waals surface area contributed by atoms with Crippen LogP contribution in [0.3, 0.4) is 0 Å². The van der Waals surface area contributed by atoms with Gasteiger partial charge in [-0.25, -0.2) is 4.99 Å². The predicted molar refractivity (Wildman–Crippen MR) is 84.6 cm³/mol. The molecule has 0 saturated heterocycles. The molecule has 0 bridgehead atoms. The Morgan fingerprint density at radius 2 is 2.24 bits per heavy atom. The molecular weight excluding hydrogens is 284 g/mol. The number of thiazole rings is 1. The van der Waals surface area contributed by atoms with E-state index in [1.807, 2.05) is 49.0 Å². The summed E-state index contributed by atoms with van der Waals surface area (Å²) in [6.45, 7) is 5.81. The quantitative estimate of drug-likeness (QED) is 0.629. The summed E-state index contributed by atoms with van der Waals surface area (Å²) >= 11 is 1.62. The van der Waals surface area contributed by atoms with E-state index >= 15 is 0 Å². The van der Waals surface area contributed by atoms with Crippen LogP contribution in [0, 0.1) is 6.92 Å². The van der Waals surface area contributed by atoms with Crippen molar-refractivity contribution < 1.29 is 9.53 Å². The number of hydrogen-bond acceptors (Lipinski definition) is 4. The second-order valence-corrected chi connectivity index (χ2v) is 5.84. The van der Waals surface area contributed by atoms with E-state index in [-0.39, 0.29) is 19.0 Å². The normalized spacial score (nSPS) is 11.4. The van der Waals surface area contributed by atoms with Crippen LogP contribution in [0.1, 0.15) is 10.4 Å². The Kier molecular flexibility index (Phi) is 5.11. The lowest BCUT2D eigenvalue weighted by molar-refractivity contribution is -0.141. The fourth-order valence-corrected chi connectivity index (χ4v) is 2.74. The second-order valence-electron chi connectivity index (χ2n) is 4.62. The zero-order valence-electron chi connectivity index (χ0n) is 12.2. The Morgan fingerprint density at radius 3 is 2.90 bits per heavy atom. The summed E-state index contributed by atoms with van der Waals surface area (Å²) in [5.74, 6) is -0.274. The lowest BCUT2D eigenvalue weighted by Crippen LogP contribution is -2.10. The van der Waals surface area contributed by atoms with Crippen molar-refractivity contribution in [2.24, 2.45) is 12.0 Å². The number of carbonyl (C=O) groups excluding carboxylic acids is 1. The van der Waals surface area contributed by atoms with Crippen molar-refractivity contribution in [2.45, 2.75) is 13.3 Å². The van der Waals surface area contributed by atoms with Crippen molar-refractivity contribution in [1.82, 2.24) is 4.57 Å². The molecule has 0 aliphatic rings. The number of benzene rings is 1. The van der Waals surface area contributed by atoms with Crippen LogP contribution < -0.4 is 4.80 Å². The molecule has 1 heterocycles. The Morgan fingerprint density at radius 1 is 1.48 bits per heavy atom. The van der Waals surface area contributed by atoms with E-state index in [1.54, 1.807) is 17.4 Å². The molecule has 1 aromatic carbocycles. The van der Waals surface area contributed by atoms with Crippen LogP contribution in [0.25, 0.3) is 0 Å². The Bertz CT molecular complexity index is 713. The number of carbonyl (C=O) groups is 1. The van der Waals surface area contributed by atoms with Gasteiger partial charge < -0.3 is 9.30 Å². The number of rotatable bonds is 5. The van der Waals surface area contributed by atoms with Crippen LogP contribution >= 0.6 is 11.3 Å². The third-order valence-electron chi connectivity index (χ3n) is 2.83. The second kappa shape index (κ2) is 7.04. The fraction of sp³-hybridized carbons (Fsp3) is 0.250. The number of hydrogen-bond donors (Lipinski definition) is 0. The maximum absolute atomic E-state index is 11.7. The highest BCUT2D eigenvalue weighted by Crippen LogP contribution is 2.19. The molecule has 4 nitrogen and oxygen atoms in total. The van der Waals surface area contributed by atoms with Crippen molar-refractivity contribution in [3.8, 4) is 0 Å². The van der Waals surface area contributed by atoms with E-state index in [0.717, 1.165) is 16.1 Å². The molecule has 1 aromatic heterocycles. The topological polar surface area (TPSA) is 43.6 Å². The van der Waals surface area contributed by atoms with Gasteiger partial charge in [0.15, 0.2) is 4.80 Å². The van der Waals surface area contributed by atoms with Gasteiger partial charge in [-0.15, -0.1) is 11.3 Å². The number of aryl methyl sites for hydroxylation is 2. The minimum absolute atomic E-state index is 0.210. The Labute approximate surface area is 128 Å². The molecule has 0 spiro atoms. The van der Waals surface area contributed by atoms with Gasteiger partial charge in [-0.05, 0) is 18.6 Å². The molecule has 0 aliphatic carbocycles. The summed E-state index contributed by atoms with van der Waals surface area (Å²) < 4.78 is 7.01. The maximum atomic E-state index is 11.7.